The van der Waals surface area contributed by atoms with Gasteiger partial charge in [0.15, 0.2) is 5.43 Å². The molecule has 0 saturated carbocycles. The van der Waals surface area contributed by atoms with Gasteiger partial charge in [0.2, 0.25) is 0 Å². The molecule has 4 rings (SSSR count). The second kappa shape index (κ2) is 6.34. The van der Waals surface area contributed by atoms with Gasteiger partial charge < -0.3 is 9.52 Å². The first-order valence-electron chi connectivity index (χ1n) is 9.09. The number of hydrogen-bond acceptors (Lipinski definition) is 3. The average molecular weight is 372 g/mol. The predicted molar refractivity (Wildman–Crippen MR) is 110 cm³/mol. The van der Waals surface area contributed by atoms with Gasteiger partial charge in [-0.2, -0.15) is 0 Å². The molecule has 0 unspecified atom stereocenters. The van der Waals surface area contributed by atoms with E-state index in [4.69, 9.17) is 4.42 Å². The summed E-state index contributed by atoms with van der Waals surface area (Å²) in [6.45, 7) is 6.35. The van der Waals surface area contributed by atoms with Crippen molar-refractivity contribution in [2.24, 2.45) is 0 Å². The normalized spacial score (nSPS) is 11.8. The molecule has 2 aliphatic rings. The molecule has 0 radical (unpaired) electrons. The zero-order valence-corrected chi connectivity index (χ0v) is 15.9. The third-order valence-electron chi connectivity index (χ3n) is 4.99. The molecule has 0 fully saturated rings. The Bertz CT molecular complexity index is 1240. The van der Waals surface area contributed by atoms with Crippen molar-refractivity contribution >= 4 is 16.9 Å². The molecule has 1 heterocycles. The second-order valence-corrected chi connectivity index (χ2v) is 7.95. The lowest BCUT2D eigenvalue weighted by Crippen LogP contribution is -2.11. The molecule has 1 aliphatic heterocycles. The molecule has 4 heteroatoms. The number of hydrogen-bond donors (Lipinski definition) is 1. The van der Waals surface area contributed by atoms with E-state index in [1.807, 2.05) is 24.3 Å². The minimum atomic E-state index is -0.996. The Hall–Kier alpha value is -3.40. The summed E-state index contributed by atoms with van der Waals surface area (Å²) >= 11 is 0. The molecule has 28 heavy (non-hydrogen) atoms. The molecule has 2 aromatic carbocycles. The van der Waals surface area contributed by atoms with Crippen LogP contribution in [0.25, 0.3) is 33.4 Å². The van der Waals surface area contributed by atoms with Crippen molar-refractivity contribution in [3.8, 4) is 22.5 Å². The maximum absolute atomic E-state index is 11.9. The summed E-state index contributed by atoms with van der Waals surface area (Å²) in [6, 6.07) is 17.5. The minimum Gasteiger partial charge on any atom is -0.478 e. The third-order valence-corrected chi connectivity index (χ3v) is 4.99. The quantitative estimate of drug-likeness (QED) is 0.468. The standard InChI is InChI=1S/C24H20O4/c1-24(2,3)14-8-10-18-20(12-14)28-21-13-15(25)9-11-19(21)22(18)16-6-4-5-7-17(16)23(26)27/h4-13H,1-3H3,(H,26,27). The van der Waals surface area contributed by atoms with Gasteiger partial charge in [0, 0.05) is 22.6 Å². The minimum absolute atomic E-state index is 0.0712. The maximum atomic E-state index is 11.9. The molecule has 1 aliphatic carbocycles. The number of aromatic carboxylic acids is 1. The molecule has 0 amide bonds. The number of rotatable bonds is 2. The molecule has 140 valence electrons. The van der Waals surface area contributed by atoms with Crippen LogP contribution in [0.5, 0.6) is 0 Å². The zero-order valence-electron chi connectivity index (χ0n) is 15.9. The first kappa shape index (κ1) is 18.0. The molecule has 1 N–H and O–H groups in total. The maximum Gasteiger partial charge on any atom is 0.336 e. The first-order chi connectivity index (χ1) is 13.3. The Balaban J connectivity index is 2.17. The van der Waals surface area contributed by atoms with Crippen molar-refractivity contribution in [1.29, 1.82) is 0 Å². The van der Waals surface area contributed by atoms with E-state index < -0.39 is 5.97 Å². The van der Waals surface area contributed by atoms with E-state index in [9.17, 15) is 14.7 Å². The summed E-state index contributed by atoms with van der Waals surface area (Å²) in [6.07, 6.45) is 0. The van der Waals surface area contributed by atoms with Crippen molar-refractivity contribution in [3.05, 3.63) is 82.0 Å². The first-order valence-corrected chi connectivity index (χ1v) is 9.09. The molecule has 4 nitrogen and oxygen atoms in total. The number of benzene rings is 3. The smallest absolute Gasteiger partial charge is 0.336 e. The van der Waals surface area contributed by atoms with Gasteiger partial charge in [-0.1, -0.05) is 51.1 Å². The largest absolute Gasteiger partial charge is 0.478 e. The number of fused-ring (bicyclic) bond motifs is 2. The second-order valence-electron chi connectivity index (χ2n) is 7.95. The molecule has 0 spiro atoms. The fraction of sp³-hybridized carbons (Fsp3) is 0.167. The highest BCUT2D eigenvalue weighted by molar-refractivity contribution is 6.07. The summed E-state index contributed by atoms with van der Waals surface area (Å²) in [5, 5.41) is 10.5. The van der Waals surface area contributed by atoms with Crippen LogP contribution in [-0.4, -0.2) is 11.1 Å². The van der Waals surface area contributed by atoms with E-state index in [-0.39, 0.29) is 16.4 Å². The molecule has 0 saturated heterocycles. The van der Waals surface area contributed by atoms with Crippen LogP contribution < -0.4 is 5.43 Å². The Kier molecular flexibility index (Phi) is 4.07. The van der Waals surface area contributed by atoms with Crippen molar-refractivity contribution < 1.29 is 14.3 Å². The lowest BCUT2D eigenvalue weighted by atomic mass is 9.85. The van der Waals surface area contributed by atoms with E-state index in [1.54, 1.807) is 24.3 Å². The lowest BCUT2D eigenvalue weighted by Gasteiger charge is -2.21. The molecular formula is C24H20O4. The topological polar surface area (TPSA) is 67.5 Å². The van der Waals surface area contributed by atoms with Crippen molar-refractivity contribution in [1.82, 2.24) is 0 Å². The summed E-state index contributed by atoms with van der Waals surface area (Å²) < 4.78 is 6.08. The van der Waals surface area contributed by atoms with E-state index in [1.165, 1.54) is 12.1 Å². The van der Waals surface area contributed by atoms with Gasteiger partial charge in [-0.05, 0) is 40.8 Å². The number of carbonyl (C=O) groups is 1. The van der Waals surface area contributed by atoms with Crippen LogP contribution in [0.2, 0.25) is 0 Å². The molecular weight excluding hydrogens is 352 g/mol. The van der Waals surface area contributed by atoms with Gasteiger partial charge in [0.1, 0.15) is 11.3 Å². The summed E-state index contributed by atoms with van der Waals surface area (Å²) in [5.74, 6) is -0.550. The molecule has 0 atom stereocenters. The van der Waals surface area contributed by atoms with Crippen LogP contribution in [-0.2, 0) is 5.41 Å². The highest BCUT2D eigenvalue weighted by Crippen LogP contribution is 2.42. The Morgan fingerprint density at radius 1 is 0.929 bits per heavy atom. The summed E-state index contributed by atoms with van der Waals surface area (Å²) in [5.41, 5.74) is 3.78. The van der Waals surface area contributed by atoms with E-state index >= 15 is 0 Å². The van der Waals surface area contributed by atoms with E-state index in [0.29, 0.717) is 22.5 Å². The van der Waals surface area contributed by atoms with Gasteiger partial charge in [-0.25, -0.2) is 4.79 Å². The van der Waals surface area contributed by atoms with Gasteiger partial charge >= 0.3 is 5.97 Å². The fourth-order valence-corrected chi connectivity index (χ4v) is 3.51. The van der Waals surface area contributed by atoms with Gasteiger partial charge in [-0.15, -0.1) is 0 Å². The fourth-order valence-electron chi connectivity index (χ4n) is 3.51. The van der Waals surface area contributed by atoms with Gasteiger partial charge in [0.25, 0.3) is 0 Å². The lowest BCUT2D eigenvalue weighted by molar-refractivity contribution is 0.0697. The average Bonchev–Trinajstić information content (AvgIpc) is 2.64. The van der Waals surface area contributed by atoms with E-state index in [2.05, 4.69) is 20.8 Å². The summed E-state index contributed by atoms with van der Waals surface area (Å²) in [4.78, 5) is 23.7. The highest BCUT2D eigenvalue weighted by Gasteiger charge is 2.22. The van der Waals surface area contributed by atoms with Crippen LogP contribution in [0.1, 0.15) is 36.7 Å². The van der Waals surface area contributed by atoms with Gasteiger partial charge in [0.05, 0.1) is 5.56 Å². The van der Waals surface area contributed by atoms with Crippen molar-refractivity contribution in [3.63, 3.8) is 0 Å². The van der Waals surface area contributed by atoms with Crippen molar-refractivity contribution in [2.75, 3.05) is 0 Å². The zero-order chi connectivity index (χ0) is 20.1. The van der Waals surface area contributed by atoms with Crippen LogP contribution in [0.15, 0.2) is 69.9 Å². The van der Waals surface area contributed by atoms with Crippen LogP contribution in [0.4, 0.5) is 0 Å². The molecule has 0 aromatic heterocycles. The Morgan fingerprint density at radius 3 is 2.39 bits per heavy atom. The Morgan fingerprint density at radius 2 is 1.68 bits per heavy atom. The number of carboxylic acids is 1. The van der Waals surface area contributed by atoms with Crippen molar-refractivity contribution in [2.45, 2.75) is 26.2 Å². The monoisotopic (exact) mass is 372 g/mol. The SMILES string of the molecule is CC(C)(C)c1ccc2c(-c3ccccc3C(=O)O)c3ccc(=O)cc-3oc2c1. The molecule has 0 bridgehead atoms. The van der Waals surface area contributed by atoms with Crippen LogP contribution in [0.3, 0.4) is 0 Å². The summed E-state index contributed by atoms with van der Waals surface area (Å²) in [7, 11) is 0. The van der Waals surface area contributed by atoms with Gasteiger partial charge in [-0.3, -0.25) is 4.79 Å². The van der Waals surface area contributed by atoms with Crippen LogP contribution >= 0.6 is 0 Å². The number of carboxylic acid groups (broad SMARTS) is 1. The van der Waals surface area contributed by atoms with E-state index in [0.717, 1.165) is 16.5 Å². The Labute approximate surface area is 162 Å². The third kappa shape index (κ3) is 2.97. The predicted octanol–water partition coefficient (Wildman–Crippen LogP) is 5.56. The van der Waals surface area contributed by atoms with Crippen LogP contribution in [0, 0.1) is 0 Å². The molecule has 2 aromatic rings. The highest BCUT2D eigenvalue weighted by atomic mass is 16.4.